The molecule has 3 heterocycles. The third-order valence-corrected chi connectivity index (χ3v) is 4.50. The van der Waals surface area contributed by atoms with E-state index in [9.17, 15) is 9.90 Å². The van der Waals surface area contributed by atoms with Crippen LogP contribution in [0.2, 0.25) is 5.02 Å². The lowest BCUT2D eigenvalue weighted by molar-refractivity contribution is -0.0369. The molecule has 3 aromatic rings. The van der Waals surface area contributed by atoms with Crippen LogP contribution in [-0.2, 0) is 0 Å². The lowest BCUT2D eigenvalue weighted by Crippen LogP contribution is -2.30. The van der Waals surface area contributed by atoms with Crippen LogP contribution in [0, 0.1) is 0 Å². The van der Waals surface area contributed by atoms with Gasteiger partial charge in [-0.3, -0.25) is 0 Å². The Bertz CT molecular complexity index is 986. The minimum absolute atomic E-state index is 0.265. The Morgan fingerprint density at radius 1 is 1.12 bits per heavy atom. The molecule has 132 valence electrons. The first-order chi connectivity index (χ1) is 12.6. The molecule has 1 N–H and O–H groups in total. The first-order valence-corrected chi connectivity index (χ1v) is 8.48. The van der Waals surface area contributed by atoms with E-state index in [4.69, 9.17) is 25.2 Å². The molecule has 6 heteroatoms. The molecule has 0 aliphatic carbocycles. The maximum atomic E-state index is 12.6. The monoisotopic (exact) mass is 370 g/mol. The molecule has 1 unspecified atom stereocenters. The molecule has 1 aliphatic heterocycles. The summed E-state index contributed by atoms with van der Waals surface area (Å²) in [6.07, 6.45) is 4.11. The van der Waals surface area contributed by atoms with Crippen LogP contribution in [0.25, 0.3) is 12.2 Å². The fourth-order valence-electron chi connectivity index (χ4n) is 3.06. The maximum Gasteiger partial charge on any atom is 0.343 e. The second-order valence-electron chi connectivity index (χ2n) is 5.98. The summed E-state index contributed by atoms with van der Waals surface area (Å²) in [6, 6.07) is 12.3. The molecule has 2 atom stereocenters. The van der Waals surface area contributed by atoms with E-state index in [0.717, 1.165) is 5.56 Å². The van der Waals surface area contributed by atoms with Gasteiger partial charge in [-0.1, -0.05) is 23.7 Å². The minimum Gasteiger partial charge on any atom is -0.465 e. The molecule has 5 nitrogen and oxygen atoms in total. The molecular formula is C20H15ClO5. The number of benzene rings is 1. The normalized spacial score (nSPS) is 19.3. The van der Waals surface area contributed by atoms with Crippen LogP contribution in [0.1, 0.15) is 35.0 Å². The van der Waals surface area contributed by atoms with Crippen molar-refractivity contribution in [2.24, 2.45) is 0 Å². The largest absolute Gasteiger partial charge is 0.465 e. The summed E-state index contributed by atoms with van der Waals surface area (Å²) in [7, 11) is 0. The summed E-state index contributed by atoms with van der Waals surface area (Å²) in [5.74, 6) is 0.934. The third kappa shape index (κ3) is 3.31. The van der Waals surface area contributed by atoms with Crippen LogP contribution in [-0.4, -0.2) is 11.4 Å². The van der Waals surface area contributed by atoms with Gasteiger partial charge in [0.2, 0.25) is 0 Å². The summed E-state index contributed by atoms with van der Waals surface area (Å²) in [5, 5.41) is 10.7. The molecule has 4 rings (SSSR count). The number of hydrogen-bond acceptors (Lipinski definition) is 5. The van der Waals surface area contributed by atoms with Crippen molar-refractivity contribution in [2.45, 2.75) is 18.6 Å². The van der Waals surface area contributed by atoms with Gasteiger partial charge in [-0.05, 0) is 42.0 Å². The molecule has 0 bridgehead atoms. The van der Waals surface area contributed by atoms with Gasteiger partial charge in [-0.15, -0.1) is 0 Å². The Morgan fingerprint density at radius 2 is 1.88 bits per heavy atom. The molecule has 0 spiro atoms. The van der Waals surface area contributed by atoms with Crippen molar-refractivity contribution >= 4 is 23.8 Å². The van der Waals surface area contributed by atoms with Crippen molar-refractivity contribution in [3.63, 3.8) is 0 Å². The molecule has 0 saturated carbocycles. The summed E-state index contributed by atoms with van der Waals surface area (Å²) in [4.78, 5) is 12.6. The van der Waals surface area contributed by atoms with Crippen molar-refractivity contribution in [1.29, 1.82) is 0 Å². The summed E-state index contributed by atoms with van der Waals surface area (Å²) in [5.41, 5.74) is 0.769. The summed E-state index contributed by atoms with van der Waals surface area (Å²) >= 11 is 5.94. The molecule has 0 amide bonds. The van der Waals surface area contributed by atoms with E-state index in [-0.39, 0.29) is 12.3 Å². The number of hydrogen-bond donors (Lipinski definition) is 1. The highest BCUT2D eigenvalue weighted by Crippen LogP contribution is 2.38. The minimum atomic E-state index is -1.01. The van der Waals surface area contributed by atoms with E-state index < -0.39 is 11.9 Å². The van der Waals surface area contributed by atoms with Gasteiger partial charge in [0.25, 0.3) is 0 Å². The van der Waals surface area contributed by atoms with Crippen LogP contribution in [0.3, 0.4) is 0 Å². The molecular weight excluding hydrogens is 356 g/mol. The molecule has 0 fully saturated rings. The first kappa shape index (κ1) is 16.7. The van der Waals surface area contributed by atoms with Gasteiger partial charge in [-0.25, -0.2) is 4.79 Å². The van der Waals surface area contributed by atoms with E-state index in [1.54, 1.807) is 48.7 Å². The van der Waals surface area contributed by atoms with Gasteiger partial charge in [0.1, 0.15) is 17.3 Å². The van der Waals surface area contributed by atoms with Gasteiger partial charge < -0.3 is 18.7 Å². The quantitative estimate of drug-likeness (QED) is 0.744. The van der Waals surface area contributed by atoms with E-state index >= 15 is 0 Å². The predicted octanol–water partition coefficient (Wildman–Crippen LogP) is 4.29. The lowest BCUT2D eigenvalue weighted by atomic mass is 9.87. The van der Waals surface area contributed by atoms with Gasteiger partial charge >= 0.3 is 5.63 Å². The zero-order valence-electron chi connectivity index (χ0n) is 13.6. The number of furan rings is 1. The highest BCUT2D eigenvalue weighted by Gasteiger charge is 2.32. The molecule has 0 radical (unpaired) electrons. The van der Waals surface area contributed by atoms with Crippen molar-refractivity contribution in [3.8, 4) is 5.75 Å². The summed E-state index contributed by atoms with van der Waals surface area (Å²) in [6.45, 7) is 0. The Labute approximate surface area is 154 Å². The lowest BCUT2D eigenvalue weighted by Gasteiger charge is -2.28. The zero-order valence-corrected chi connectivity index (χ0v) is 14.3. The van der Waals surface area contributed by atoms with E-state index in [0.29, 0.717) is 27.9 Å². The average molecular weight is 371 g/mol. The van der Waals surface area contributed by atoms with Gasteiger partial charge in [0.15, 0.2) is 6.29 Å². The van der Waals surface area contributed by atoms with Crippen LogP contribution in [0.5, 0.6) is 5.75 Å². The van der Waals surface area contributed by atoms with E-state index in [1.165, 1.54) is 0 Å². The SMILES string of the molecule is O=c1oc(/C=C/c2ccco2)cc2c1[C@H](c1ccc(Cl)cc1)CC(O)O2. The van der Waals surface area contributed by atoms with Gasteiger partial charge in [0, 0.05) is 23.4 Å². The predicted molar refractivity (Wildman–Crippen MR) is 97.2 cm³/mol. The van der Waals surface area contributed by atoms with Crippen molar-refractivity contribution in [2.75, 3.05) is 0 Å². The van der Waals surface area contributed by atoms with Crippen LogP contribution in [0.4, 0.5) is 0 Å². The fourth-order valence-corrected chi connectivity index (χ4v) is 3.18. The van der Waals surface area contributed by atoms with Crippen molar-refractivity contribution < 1.29 is 18.7 Å². The van der Waals surface area contributed by atoms with Crippen molar-refractivity contribution in [3.05, 3.63) is 86.8 Å². The molecule has 26 heavy (non-hydrogen) atoms. The zero-order chi connectivity index (χ0) is 18.1. The topological polar surface area (TPSA) is 72.8 Å². The third-order valence-electron chi connectivity index (χ3n) is 4.25. The Hall–Kier alpha value is -2.76. The Balaban J connectivity index is 1.74. The van der Waals surface area contributed by atoms with Crippen LogP contribution >= 0.6 is 11.6 Å². The number of ether oxygens (including phenoxy) is 1. The van der Waals surface area contributed by atoms with E-state index in [1.807, 2.05) is 12.1 Å². The molecule has 1 aliphatic rings. The number of aliphatic hydroxyl groups excluding tert-OH is 1. The molecule has 0 saturated heterocycles. The summed E-state index contributed by atoms with van der Waals surface area (Å²) < 4.78 is 16.1. The number of halogens is 1. The van der Waals surface area contributed by atoms with E-state index in [2.05, 4.69) is 0 Å². The van der Waals surface area contributed by atoms with Crippen LogP contribution in [0.15, 0.2) is 62.4 Å². The van der Waals surface area contributed by atoms with Gasteiger partial charge in [-0.2, -0.15) is 0 Å². The number of rotatable bonds is 3. The van der Waals surface area contributed by atoms with Gasteiger partial charge in [0.05, 0.1) is 11.8 Å². The molecule has 1 aromatic carbocycles. The molecule has 2 aromatic heterocycles. The smallest absolute Gasteiger partial charge is 0.343 e. The Kier molecular flexibility index (Phi) is 4.41. The maximum absolute atomic E-state index is 12.6. The van der Waals surface area contributed by atoms with Crippen molar-refractivity contribution in [1.82, 2.24) is 0 Å². The Morgan fingerprint density at radius 3 is 2.62 bits per heavy atom. The number of fused-ring (bicyclic) bond motifs is 1. The van der Waals surface area contributed by atoms with Crippen LogP contribution < -0.4 is 10.4 Å². The first-order valence-electron chi connectivity index (χ1n) is 8.10. The average Bonchev–Trinajstić information content (AvgIpc) is 3.13. The highest BCUT2D eigenvalue weighted by atomic mass is 35.5. The second kappa shape index (κ2) is 6.86. The number of aliphatic hydroxyl groups is 1. The second-order valence-corrected chi connectivity index (χ2v) is 6.41. The standard InChI is InChI=1S/C20H15ClO5/c21-13-5-3-12(4-6-13)16-11-18(22)26-17-10-15(25-20(23)19(16)17)8-7-14-2-1-9-24-14/h1-10,16,18,22H,11H2/b8-7+/t16-,18?/m0/s1. The fraction of sp³-hybridized carbons (Fsp3) is 0.150. The highest BCUT2D eigenvalue weighted by molar-refractivity contribution is 6.30.